The van der Waals surface area contributed by atoms with Crippen LogP contribution in [0.1, 0.15) is 5.69 Å². The van der Waals surface area contributed by atoms with E-state index in [0.717, 1.165) is 0 Å². The second kappa shape index (κ2) is 3.97. The van der Waals surface area contributed by atoms with Gasteiger partial charge in [0.2, 0.25) is 0 Å². The van der Waals surface area contributed by atoms with E-state index in [9.17, 15) is 9.59 Å². The van der Waals surface area contributed by atoms with Gasteiger partial charge >= 0.3 is 5.69 Å². The predicted molar refractivity (Wildman–Crippen MR) is 58.6 cm³/mol. The molecule has 2 heterocycles. The van der Waals surface area contributed by atoms with Gasteiger partial charge in [-0.25, -0.2) is 4.79 Å². The lowest BCUT2D eigenvalue weighted by Gasteiger charge is -2.02. The summed E-state index contributed by atoms with van der Waals surface area (Å²) in [4.78, 5) is 24.6. The first-order chi connectivity index (χ1) is 7.56. The van der Waals surface area contributed by atoms with E-state index in [2.05, 4.69) is 10.1 Å². The number of nitrogens with one attached hydrogen (secondary N) is 1. The molecule has 6 nitrogen and oxygen atoms in total. The fraction of sp³-hybridized carbons (Fsp3) is 0.222. The van der Waals surface area contributed by atoms with E-state index < -0.39 is 11.2 Å². The Labute approximate surface area is 95.1 Å². The molecule has 0 saturated carbocycles. The number of halogens is 1. The summed E-state index contributed by atoms with van der Waals surface area (Å²) in [5, 5.41) is 4.10. The third-order valence-corrected chi connectivity index (χ3v) is 2.34. The van der Waals surface area contributed by atoms with E-state index in [1.54, 1.807) is 24.0 Å². The standard InChI is InChI=1S/C9H9ClN4O2/c1-13-3-2-6(12-13)4-14-5-7(10)8(15)11-9(14)16/h2-3,5H,4H2,1H3,(H,11,15,16). The highest BCUT2D eigenvalue weighted by Gasteiger charge is 2.04. The summed E-state index contributed by atoms with van der Waals surface area (Å²) in [6.45, 7) is 0.274. The number of rotatable bonds is 2. The molecule has 0 aliphatic heterocycles. The fourth-order valence-electron chi connectivity index (χ4n) is 1.32. The molecule has 0 unspecified atom stereocenters. The van der Waals surface area contributed by atoms with E-state index in [4.69, 9.17) is 11.6 Å². The van der Waals surface area contributed by atoms with Crippen LogP contribution in [0.5, 0.6) is 0 Å². The van der Waals surface area contributed by atoms with Crippen LogP contribution >= 0.6 is 11.6 Å². The van der Waals surface area contributed by atoms with E-state index in [1.165, 1.54) is 10.8 Å². The molecule has 0 bridgehead atoms. The Balaban J connectivity index is 2.39. The first kappa shape index (κ1) is 10.7. The third kappa shape index (κ3) is 2.06. The summed E-state index contributed by atoms with van der Waals surface area (Å²) in [6, 6.07) is 1.78. The normalized spacial score (nSPS) is 10.6. The van der Waals surface area contributed by atoms with Crippen molar-refractivity contribution in [2.24, 2.45) is 7.05 Å². The topological polar surface area (TPSA) is 72.7 Å². The van der Waals surface area contributed by atoms with Gasteiger partial charge in [0.15, 0.2) is 0 Å². The van der Waals surface area contributed by atoms with Crippen LogP contribution in [0.15, 0.2) is 28.0 Å². The highest BCUT2D eigenvalue weighted by Crippen LogP contribution is 2.00. The van der Waals surface area contributed by atoms with Gasteiger partial charge < -0.3 is 0 Å². The van der Waals surface area contributed by atoms with Crippen molar-refractivity contribution in [2.45, 2.75) is 6.54 Å². The molecule has 0 aliphatic rings. The number of hydrogen-bond donors (Lipinski definition) is 1. The first-order valence-corrected chi connectivity index (χ1v) is 4.92. The van der Waals surface area contributed by atoms with Gasteiger partial charge in [-0.15, -0.1) is 0 Å². The van der Waals surface area contributed by atoms with Crippen LogP contribution in [0.4, 0.5) is 0 Å². The highest BCUT2D eigenvalue weighted by atomic mass is 35.5. The molecule has 16 heavy (non-hydrogen) atoms. The van der Waals surface area contributed by atoms with Crippen LogP contribution < -0.4 is 11.2 Å². The Hall–Kier alpha value is -1.82. The second-order valence-electron chi connectivity index (χ2n) is 3.34. The first-order valence-electron chi connectivity index (χ1n) is 4.54. The van der Waals surface area contributed by atoms with Crippen LogP contribution in [0, 0.1) is 0 Å². The molecule has 2 aromatic heterocycles. The van der Waals surface area contributed by atoms with Crippen LogP contribution in [0.2, 0.25) is 5.02 Å². The van der Waals surface area contributed by atoms with Crippen molar-refractivity contribution in [3.63, 3.8) is 0 Å². The van der Waals surface area contributed by atoms with Gasteiger partial charge in [-0.3, -0.25) is 19.0 Å². The number of aromatic amines is 1. The fourth-order valence-corrected chi connectivity index (χ4v) is 1.49. The lowest BCUT2D eigenvalue weighted by molar-refractivity contribution is 0.674. The number of hydrogen-bond acceptors (Lipinski definition) is 3. The van der Waals surface area contributed by atoms with Gasteiger partial charge in [0.25, 0.3) is 5.56 Å². The summed E-state index contributed by atoms with van der Waals surface area (Å²) >= 11 is 5.63. The molecule has 0 atom stereocenters. The maximum atomic E-state index is 11.4. The number of aromatic nitrogens is 4. The molecule has 0 aromatic carbocycles. The molecule has 2 aromatic rings. The lowest BCUT2D eigenvalue weighted by Crippen LogP contribution is -2.30. The summed E-state index contributed by atoms with van der Waals surface area (Å²) in [7, 11) is 1.78. The molecular weight excluding hydrogens is 232 g/mol. The molecule has 0 amide bonds. The SMILES string of the molecule is Cn1ccc(Cn2cc(Cl)c(=O)[nH]c2=O)n1. The van der Waals surface area contributed by atoms with Crippen molar-refractivity contribution in [1.29, 1.82) is 0 Å². The highest BCUT2D eigenvalue weighted by molar-refractivity contribution is 6.30. The molecule has 84 valence electrons. The summed E-state index contributed by atoms with van der Waals surface area (Å²) in [5.41, 5.74) is -0.364. The Morgan fingerprint density at radius 1 is 1.50 bits per heavy atom. The predicted octanol–water partition coefficient (Wildman–Crippen LogP) is -0.0282. The Kier molecular flexibility index (Phi) is 2.66. The number of H-pyrrole nitrogens is 1. The maximum Gasteiger partial charge on any atom is 0.328 e. The van der Waals surface area contributed by atoms with E-state index >= 15 is 0 Å². The van der Waals surface area contributed by atoms with Gasteiger partial charge in [0, 0.05) is 19.4 Å². The summed E-state index contributed by atoms with van der Waals surface area (Å²) < 4.78 is 2.93. The van der Waals surface area contributed by atoms with Crippen molar-refractivity contribution in [3.8, 4) is 0 Å². The van der Waals surface area contributed by atoms with Crippen molar-refractivity contribution in [2.75, 3.05) is 0 Å². The zero-order valence-electron chi connectivity index (χ0n) is 8.48. The van der Waals surface area contributed by atoms with Crippen LogP contribution in [-0.4, -0.2) is 19.3 Å². The Morgan fingerprint density at radius 3 is 2.88 bits per heavy atom. The molecule has 0 radical (unpaired) electrons. The van der Waals surface area contributed by atoms with Crippen molar-refractivity contribution < 1.29 is 0 Å². The second-order valence-corrected chi connectivity index (χ2v) is 3.75. The van der Waals surface area contributed by atoms with Gasteiger partial charge in [0.05, 0.1) is 12.2 Å². The van der Waals surface area contributed by atoms with Gasteiger partial charge in [-0.05, 0) is 6.07 Å². The molecular formula is C9H9ClN4O2. The Morgan fingerprint density at radius 2 is 2.25 bits per heavy atom. The van der Waals surface area contributed by atoms with Gasteiger partial charge in [-0.1, -0.05) is 11.6 Å². The Bertz CT molecular complexity index is 625. The van der Waals surface area contributed by atoms with E-state index in [0.29, 0.717) is 5.69 Å². The summed E-state index contributed by atoms with van der Waals surface area (Å²) in [5.74, 6) is 0. The van der Waals surface area contributed by atoms with Crippen molar-refractivity contribution >= 4 is 11.6 Å². The van der Waals surface area contributed by atoms with Crippen LogP contribution in [0.25, 0.3) is 0 Å². The van der Waals surface area contributed by atoms with E-state index in [1.807, 2.05) is 0 Å². The number of nitrogens with zero attached hydrogens (tertiary/aromatic N) is 3. The van der Waals surface area contributed by atoms with Crippen molar-refractivity contribution in [1.82, 2.24) is 19.3 Å². The minimum Gasteiger partial charge on any atom is -0.293 e. The quantitative estimate of drug-likeness (QED) is 0.801. The molecule has 2 rings (SSSR count). The number of aryl methyl sites for hydroxylation is 1. The molecule has 1 N–H and O–H groups in total. The minimum atomic E-state index is -0.580. The average Bonchev–Trinajstić information content (AvgIpc) is 2.60. The summed E-state index contributed by atoms with van der Waals surface area (Å²) in [6.07, 6.45) is 3.07. The minimum absolute atomic E-state index is 0.0180. The maximum absolute atomic E-state index is 11.4. The smallest absolute Gasteiger partial charge is 0.293 e. The largest absolute Gasteiger partial charge is 0.328 e. The zero-order valence-corrected chi connectivity index (χ0v) is 9.23. The molecule has 7 heteroatoms. The lowest BCUT2D eigenvalue weighted by atomic mass is 10.4. The van der Waals surface area contributed by atoms with Crippen molar-refractivity contribution in [3.05, 3.63) is 50.0 Å². The van der Waals surface area contributed by atoms with Gasteiger partial charge in [0.1, 0.15) is 5.02 Å². The molecule has 0 aliphatic carbocycles. The zero-order chi connectivity index (χ0) is 11.7. The third-order valence-electron chi connectivity index (χ3n) is 2.07. The monoisotopic (exact) mass is 240 g/mol. The van der Waals surface area contributed by atoms with Crippen LogP contribution in [0.3, 0.4) is 0 Å². The van der Waals surface area contributed by atoms with E-state index in [-0.39, 0.29) is 11.6 Å². The average molecular weight is 241 g/mol. The van der Waals surface area contributed by atoms with Gasteiger partial charge in [-0.2, -0.15) is 5.10 Å². The molecule has 0 spiro atoms. The molecule has 0 saturated heterocycles. The van der Waals surface area contributed by atoms with Crippen LogP contribution in [-0.2, 0) is 13.6 Å². The molecule has 0 fully saturated rings.